The minimum Gasteiger partial charge on any atom is -0.481 e. The molecule has 0 unspecified atom stereocenters. The van der Waals surface area contributed by atoms with Gasteiger partial charge in [0.15, 0.2) is 11.9 Å². The van der Waals surface area contributed by atoms with Crippen molar-refractivity contribution in [1.82, 2.24) is 4.90 Å². The first-order valence-electron chi connectivity index (χ1n) is 12.3. The molecule has 0 spiro atoms. The second-order valence-corrected chi connectivity index (χ2v) is 9.35. The number of nitrogens with zero attached hydrogens (tertiary/aromatic N) is 1. The second kappa shape index (κ2) is 10.9. The van der Waals surface area contributed by atoms with Crippen LogP contribution in [0.25, 0.3) is 0 Å². The molecule has 4 aromatic rings. The Kier molecular flexibility index (Phi) is 7.28. The van der Waals surface area contributed by atoms with Crippen LogP contribution in [0, 0.1) is 0 Å². The summed E-state index contributed by atoms with van der Waals surface area (Å²) in [4.78, 5) is 28.2. The first-order chi connectivity index (χ1) is 18.0. The first kappa shape index (κ1) is 24.7. The molecule has 0 saturated carbocycles. The molecule has 0 radical (unpaired) electrons. The molecule has 2 amide bonds. The van der Waals surface area contributed by atoms with Crippen molar-refractivity contribution in [2.75, 3.05) is 11.9 Å². The van der Waals surface area contributed by atoms with E-state index in [1.807, 2.05) is 60.4 Å². The summed E-state index contributed by atoms with van der Waals surface area (Å²) >= 11 is 6.05. The van der Waals surface area contributed by atoms with Gasteiger partial charge in [-0.05, 0) is 72.0 Å². The monoisotopic (exact) mass is 514 g/mol. The molecule has 1 aliphatic rings. The molecule has 3 aromatic carbocycles. The Morgan fingerprint density at radius 1 is 1.05 bits per heavy atom. The standard InChI is InChI=1S/C30H27ClN2O4/c1-2-26(29(34)32-23-11-6-10-22(31)18-23)37-24-14-13-20-15-16-33(30(35)27-12-7-17-36-27)28(25(20)19-24)21-8-4-3-5-9-21/h3-14,17-19,26,28H,2,15-16H2,1H3,(H,32,34)/t26-,28+/m1/s1. The lowest BCUT2D eigenvalue weighted by molar-refractivity contribution is -0.122. The van der Waals surface area contributed by atoms with Crippen molar-refractivity contribution >= 4 is 29.1 Å². The van der Waals surface area contributed by atoms with Crippen molar-refractivity contribution in [3.8, 4) is 5.75 Å². The molecule has 6 nitrogen and oxygen atoms in total. The van der Waals surface area contributed by atoms with E-state index in [1.54, 1.807) is 36.4 Å². The Hall–Kier alpha value is -4.03. The van der Waals surface area contributed by atoms with E-state index in [1.165, 1.54) is 6.26 Å². The number of carbonyl (C=O) groups excluding carboxylic acids is 2. The molecular weight excluding hydrogens is 488 g/mol. The fraction of sp³-hybridized carbons (Fsp3) is 0.200. The van der Waals surface area contributed by atoms with Gasteiger partial charge in [0.25, 0.3) is 11.8 Å². The molecule has 188 valence electrons. The Labute approximate surface area is 220 Å². The van der Waals surface area contributed by atoms with Gasteiger partial charge in [0.05, 0.1) is 12.3 Å². The van der Waals surface area contributed by atoms with Gasteiger partial charge in [-0.3, -0.25) is 9.59 Å². The van der Waals surface area contributed by atoms with Crippen LogP contribution in [-0.2, 0) is 11.2 Å². The van der Waals surface area contributed by atoms with Gasteiger partial charge in [-0.1, -0.05) is 61.0 Å². The normalized spacial score (nSPS) is 15.5. The molecule has 5 rings (SSSR count). The highest BCUT2D eigenvalue weighted by Crippen LogP contribution is 2.38. The lowest BCUT2D eigenvalue weighted by atomic mass is 9.87. The zero-order valence-corrected chi connectivity index (χ0v) is 21.2. The average Bonchev–Trinajstić information content (AvgIpc) is 3.46. The Morgan fingerprint density at radius 2 is 1.89 bits per heavy atom. The smallest absolute Gasteiger partial charge is 0.290 e. The molecule has 0 aliphatic carbocycles. The quantitative estimate of drug-likeness (QED) is 0.305. The first-order valence-corrected chi connectivity index (χ1v) is 12.7. The highest BCUT2D eigenvalue weighted by atomic mass is 35.5. The van der Waals surface area contributed by atoms with Gasteiger partial charge >= 0.3 is 0 Å². The van der Waals surface area contributed by atoms with E-state index in [2.05, 4.69) is 5.32 Å². The van der Waals surface area contributed by atoms with E-state index in [0.717, 1.165) is 16.7 Å². The van der Waals surface area contributed by atoms with Crippen molar-refractivity contribution < 1.29 is 18.7 Å². The number of hydrogen-bond acceptors (Lipinski definition) is 4. The van der Waals surface area contributed by atoms with Gasteiger partial charge in [0.1, 0.15) is 5.75 Å². The highest BCUT2D eigenvalue weighted by molar-refractivity contribution is 6.30. The number of nitrogens with one attached hydrogen (secondary N) is 1. The van der Waals surface area contributed by atoms with Gasteiger partial charge in [-0.2, -0.15) is 0 Å². The van der Waals surface area contributed by atoms with Crippen LogP contribution in [0.15, 0.2) is 95.6 Å². The number of benzene rings is 3. The van der Waals surface area contributed by atoms with E-state index in [4.69, 9.17) is 20.8 Å². The van der Waals surface area contributed by atoms with Crippen LogP contribution in [0.5, 0.6) is 5.75 Å². The topological polar surface area (TPSA) is 71.8 Å². The predicted molar refractivity (Wildman–Crippen MR) is 143 cm³/mol. The Balaban J connectivity index is 1.44. The molecule has 0 bridgehead atoms. The maximum Gasteiger partial charge on any atom is 0.290 e. The summed E-state index contributed by atoms with van der Waals surface area (Å²) < 4.78 is 11.6. The minimum absolute atomic E-state index is 0.164. The third-order valence-corrected chi connectivity index (χ3v) is 6.72. The van der Waals surface area contributed by atoms with E-state index in [-0.39, 0.29) is 17.9 Å². The van der Waals surface area contributed by atoms with Gasteiger partial charge < -0.3 is 19.4 Å². The third kappa shape index (κ3) is 5.39. The zero-order valence-electron chi connectivity index (χ0n) is 20.4. The molecule has 0 saturated heterocycles. The maximum atomic E-state index is 13.4. The summed E-state index contributed by atoms with van der Waals surface area (Å²) in [6, 6.07) is 25.9. The van der Waals surface area contributed by atoms with Crippen LogP contribution in [0.1, 0.15) is 46.6 Å². The fourth-order valence-corrected chi connectivity index (χ4v) is 4.89. The van der Waals surface area contributed by atoms with Crippen molar-refractivity contribution in [3.05, 3.63) is 119 Å². The summed E-state index contributed by atoms with van der Waals surface area (Å²) in [7, 11) is 0. The predicted octanol–water partition coefficient (Wildman–Crippen LogP) is 6.52. The van der Waals surface area contributed by atoms with Crippen LogP contribution < -0.4 is 10.1 Å². The van der Waals surface area contributed by atoms with Crippen LogP contribution in [0.2, 0.25) is 5.02 Å². The number of rotatable bonds is 7. The van der Waals surface area contributed by atoms with Gasteiger partial charge in [-0.25, -0.2) is 0 Å². The van der Waals surface area contributed by atoms with E-state index >= 15 is 0 Å². The molecule has 2 heterocycles. The molecule has 1 aliphatic heterocycles. The highest BCUT2D eigenvalue weighted by Gasteiger charge is 2.34. The lowest BCUT2D eigenvalue weighted by Gasteiger charge is -2.37. The van der Waals surface area contributed by atoms with Crippen LogP contribution in [0.3, 0.4) is 0 Å². The summed E-state index contributed by atoms with van der Waals surface area (Å²) in [5.74, 6) is 0.459. The number of furan rings is 1. The molecule has 2 atom stereocenters. The van der Waals surface area contributed by atoms with Crippen LogP contribution in [-0.4, -0.2) is 29.4 Å². The lowest BCUT2D eigenvalue weighted by Crippen LogP contribution is -2.40. The average molecular weight is 515 g/mol. The molecule has 37 heavy (non-hydrogen) atoms. The van der Waals surface area contributed by atoms with Crippen LogP contribution >= 0.6 is 11.6 Å². The second-order valence-electron chi connectivity index (χ2n) is 8.91. The van der Waals surface area contributed by atoms with Crippen LogP contribution in [0.4, 0.5) is 5.69 Å². The van der Waals surface area contributed by atoms with Crippen molar-refractivity contribution in [1.29, 1.82) is 0 Å². The fourth-order valence-electron chi connectivity index (χ4n) is 4.70. The largest absolute Gasteiger partial charge is 0.481 e. The molecule has 1 aromatic heterocycles. The Morgan fingerprint density at radius 3 is 2.62 bits per heavy atom. The Bertz CT molecular complexity index is 1390. The zero-order chi connectivity index (χ0) is 25.8. The number of hydrogen-bond donors (Lipinski definition) is 1. The number of fused-ring (bicyclic) bond motifs is 1. The molecule has 0 fully saturated rings. The van der Waals surface area contributed by atoms with Gasteiger partial charge in [-0.15, -0.1) is 0 Å². The molecule has 7 heteroatoms. The number of ether oxygens (including phenoxy) is 1. The van der Waals surface area contributed by atoms with E-state index in [0.29, 0.717) is 41.6 Å². The number of amides is 2. The SMILES string of the molecule is CC[C@@H](Oc1ccc2c(c1)[C@H](c1ccccc1)N(C(=O)c1ccco1)CC2)C(=O)Nc1cccc(Cl)c1. The summed E-state index contributed by atoms with van der Waals surface area (Å²) in [6.45, 7) is 2.46. The van der Waals surface area contributed by atoms with Gasteiger partial charge in [0, 0.05) is 17.3 Å². The number of halogens is 1. The molecular formula is C30H27ClN2O4. The van der Waals surface area contributed by atoms with Crippen molar-refractivity contribution in [3.63, 3.8) is 0 Å². The third-order valence-electron chi connectivity index (χ3n) is 6.49. The number of anilines is 1. The summed E-state index contributed by atoms with van der Waals surface area (Å²) in [5.41, 5.74) is 3.72. The number of carbonyl (C=O) groups is 2. The van der Waals surface area contributed by atoms with E-state index in [9.17, 15) is 9.59 Å². The maximum absolute atomic E-state index is 13.4. The summed E-state index contributed by atoms with van der Waals surface area (Å²) in [6.07, 6.45) is 2.00. The van der Waals surface area contributed by atoms with Crippen molar-refractivity contribution in [2.45, 2.75) is 31.9 Å². The molecule has 1 N–H and O–H groups in total. The van der Waals surface area contributed by atoms with E-state index < -0.39 is 6.10 Å². The van der Waals surface area contributed by atoms with Crippen molar-refractivity contribution in [2.24, 2.45) is 0 Å². The summed E-state index contributed by atoms with van der Waals surface area (Å²) in [5, 5.41) is 3.42. The minimum atomic E-state index is -0.698. The van der Waals surface area contributed by atoms with Gasteiger partial charge in [0.2, 0.25) is 0 Å².